The second-order valence-electron chi connectivity index (χ2n) is 7.26. The highest BCUT2D eigenvalue weighted by Gasteiger charge is 2.45. The van der Waals surface area contributed by atoms with Crippen molar-refractivity contribution in [3.8, 4) is 0 Å². The number of hydrogen-bond donors (Lipinski definition) is 0. The van der Waals surface area contributed by atoms with Gasteiger partial charge in [0.05, 0.1) is 24.4 Å². The summed E-state index contributed by atoms with van der Waals surface area (Å²) in [5.41, 5.74) is 0.357. The molecular formula is C16H23FN2O3S. The van der Waals surface area contributed by atoms with Gasteiger partial charge in [-0.2, -0.15) is 0 Å². The third-order valence-electron chi connectivity index (χ3n) is 4.20. The highest BCUT2D eigenvalue weighted by Crippen LogP contribution is 2.42. The number of rotatable bonds is 2. The summed E-state index contributed by atoms with van der Waals surface area (Å²) in [5.74, 6) is 0.254. The molecule has 0 radical (unpaired) electrons. The molecule has 3 rings (SSSR count). The van der Waals surface area contributed by atoms with E-state index in [1.165, 1.54) is 11.3 Å². The molecule has 0 spiro atoms. The lowest BCUT2D eigenvalue weighted by Gasteiger charge is -2.36. The number of ether oxygens (including phenoxy) is 2. The van der Waals surface area contributed by atoms with Gasteiger partial charge in [-0.15, -0.1) is 11.3 Å². The molecule has 2 aliphatic heterocycles. The molecule has 0 atom stereocenters. The zero-order chi connectivity index (χ0) is 16.7. The fourth-order valence-corrected chi connectivity index (χ4v) is 4.00. The Labute approximate surface area is 139 Å². The number of halogens is 1. The number of carbonyl (C=O) groups is 1. The molecule has 0 N–H and O–H groups in total. The topological polar surface area (TPSA) is 51.7 Å². The van der Waals surface area contributed by atoms with E-state index < -0.39 is 11.3 Å². The summed E-state index contributed by atoms with van der Waals surface area (Å²) in [7, 11) is 0. The van der Waals surface area contributed by atoms with Gasteiger partial charge in [-0.05, 0) is 39.5 Å². The lowest BCUT2D eigenvalue weighted by molar-refractivity contribution is -0.137. The lowest BCUT2D eigenvalue weighted by Crippen LogP contribution is -2.44. The van der Waals surface area contributed by atoms with Crippen LogP contribution in [0.4, 0.5) is 9.18 Å². The minimum atomic E-state index is -1.42. The SMILES string of the molecule is CC(C)(C)OC(=O)N1CCC(c2scnc2C2(F)COC2)CC1. The van der Waals surface area contributed by atoms with Crippen LogP contribution in [-0.4, -0.2) is 47.9 Å². The van der Waals surface area contributed by atoms with E-state index in [2.05, 4.69) is 4.98 Å². The standard InChI is InChI=1S/C16H23FN2O3S/c1-15(2,3)22-14(20)19-6-4-11(5-7-19)12-13(18-10-23-12)16(17)8-21-9-16/h10-11H,4-9H2,1-3H3. The van der Waals surface area contributed by atoms with Gasteiger partial charge in [-0.3, -0.25) is 0 Å². The van der Waals surface area contributed by atoms with Crippen molar-refractivity contribution in [2.24, 2.45) is 0 Å². The van der Waals surface area contributed by atoms with Gasteiger partial charge in [0.15, 0.2) is 5.67 Å². The smallest absolute Gasteiger partial charge is 0.410 e. The van der Waals surface area contributed by atoms with E-state index in [0.29, 0.717) is 18.8 Å². The Hall–Kier alpha value is -1.21. The van der Waals surface area contributed by atoms with E-state index in [0.717, 1.165) is 17.7 Å². The summed E-state index contributed by atoms with van der Waals surface area (Å²) in [6, 6.07) is 0. The van der Waals surface area contributed by atoms with Crippen molar-refractivity contribution < 1.29 is 18.7 Å². The number of hydrogen-bond acceptors (Lipinski definition) is 5. The first-order chi connectivity index (χ1) is 10.8. The van der Waals surface area contributed by atoms with Crippen molar-refractivity contribution in [2.45, 2.75) is 50.8 Å². The van der Waals surface area contributed by atoms with Crippen molar-refractivity contribution in [1.29, 1.82) is 0 Å². The Morgan fingerprint density at radius 2 is 2.09 bits per heavy atom. The van der Waals surface area contributed by atoms with Gasteiger partial charge in [-0.1, -0.05) is 0 Å². The van der Waals surface area contributed by atoms with Crippen LogP contribution in [0.5, 0.6) is 0 Å². The van der Waals surface area contributed by atoms with Crippen LogP contribution in [0.2, 0.25) is 0 Å². The highest BCUT2D eigenvalue weighted by atomic mass is 32.1. The molecule has 1 aromatic rings. The fourth-order valence-electron chi connectivity index (χ4n) is 2.95. The largest absolute Gasteiger partial charge is 0.444 e. The quantitative estimate of drug-likeness (QED) is 0.826. The summed E-state index contributed by atoms with van der Waals surface area (Å²) < 4.78 is 25.0. The minimum Gasteiger partial charge on any atom is -0.444 e. The molecule has 0 aromatic carbocycles. The Balaban J connectivity index is 1.62. The Morgan fingerprint density at radius 1 is 1.43 bits per heavy atom. The van der Waals surface area contributed by atoms with Crippen LogP contribution < -0.4 is 0 Å². The molecule has 23 heavy (non-hydrogen) atoms. The van der Waals surface area contributed by atoms with E-state index in [-0.39, 0.29) is 25.2 Å². The molecule has 128 valence electrons. The number of aromatic nitrogens is 1. The average molecular weight is 342 g/mol. The van der Waals surface area contributed by atoms with Crippen LogP contribution in [-0.2, 0) is 15.1 Å². The molecule has 2 fully saturated rings. The predicted octanol–water partition coefficient (Wildman–Crippen LogP) is 3.45. The molecule has 2 aliphatic rings. The molecule has 3 heterocycles. The van der Waals surface area contributed by atoms with Gasteiger partial charge in [-0.25, -0.2) is 14.2 Å². The van der Waals surface area contributed by atoms with Gasteiger partial charge < -0.3 is 14.4 Å². The Kier molecular flexibility index (Phi) is 4.35. The van der Waals surface area contributed by atoms with Gasteiger partial charge >= 0.3 is 6.09 Å². The monoisotopic (exact) mass is 342 g/mol. The maximum atomic E-state index is 14.6. The van der Waals surface area contributed by atoms with Gasteiger partial charge in [0.1, 0.15) is 5.60 Å². The Morgan fingerprint density at radius 3 is 2.61 bits per heavy atom. The fraction of sp³-hybridized carbons (Fsp3) is 0.750. The summed E-state index contributed by atoms with van der Waals surface area (Å²) in [6.07, 6.45) is 1.35. The van der Waals surface area contributed by atoms with Crippen LogP contribution in [0.25, 0.3) is 0 Å². The number of likely N-dealkylation sites (tertiary alicyclic amines) is 1. The third-order valence-corrected chi connectivity index (χ3v) is 5.19. The van der Waals surface area contributed by atoms with Crippen LogP contribution in [0.15, 0.2) is 5.51 Å². The predicted molar refractivity (Wildman–Crippen MR) is 85.5 cm³/mol. The highest BCUT2D eigenvalue weighted by molar-refractivity contribution is 7.09. The molecule has 7 heteroatoms. The minimum absolute atomic E-state index is 0.0977. The number of carbonyl (C=O) groups excluding carboxylic acids is 1. The van der Waals surface area contributed by atoms with E-state index in [9.17, 15) is 9.18 Å². The van der Waals surface area contributed by atoms with E-state index in [4.69, 9.17) is 9.47 Å². The first kappa shape index (κ1) is 16.6. The maximum Gasteiger partial charge on any atom is 0.410 e. The van der Waals surface area contributed by atoms with Crippen molar-refractivity contribution in [3.05, 3.63) is 16.1 Å². The number of thiazole rings is 1. The molecular weight excluding hydrogens is 319 g/mol. The van der Waals surface area contributed by atoms with Crippen molar-refractivity contribution >= 4 is 17.4 Å². The summed E-state index contributed by atoms with van der Waals surface area (Å²) in [6.45, 7) is 7.05. The second-order valence-corrected chi connectivity index (χ2v) is 8.15. The van der Waals surface area contributed by atoms with Gasteiger partial charge in [0.25, 0.3) is 0 Å². The van der Waals surface area contributed by atoms with Gasteiger partial charge in [0, 0.05) is 18.0 Å². The van der Waals surface area contributed by atoms with E-state index >= 15 is 0 Å². The zero-order valence-corrected chi connectivity index (χ0v) is 14.6. The second kappa shape index (κ2) is 6.02. The lowest BCUT2D eigenvalue weighted by atomic mass is 9.89. The average Bonchev–Trinajstić information content (AvgIpc) is 2.93. The van der Waals surface area contributed by atoms with E-state index in [1.54, 1.807) is 10.4 Å². The molecule has 1 aromatic heterocycles. The molecule has 2 saturated heterocycles. The van der Waals surface area contributed by atoms with E-state index in [1.807, 2.05) is 20.8 Å². The first-order valence-electron chi connectivity index (χ1n) is 7.97. The zero-order valence-electron chi connectivity index (χ0n) is 13.8. The van der Waals surface area contributed by atoms with Crippen LogP contribution >= 0.6 is 11.3 Å². The third kappa shape index (κ3) is 3.50. The molecule has 5 nitrogen and oxygen atoms in total. The number of alkyl halides is 1. The molecule has 0 aliphatic carbocycles. The summed E-state index contributed by atoms with van der Waals surface area (Å²) >= 11 is 1.51. The molecule has 1 amide bonds. The van der Waals surface area contributed by atoms with Crippen molar-refractivity contribution in [1.82, 2.24) is 9.88 Å². The molecule has 0 saturated carbocycles. The Bertz CT molecular complexity index is 572. The van der Waals surface area contributed by atoms with Crippen molar-refractivity contribution in [2.75, 3.05) is 26.3 Å². The molecule has 0 bridgehead atoms. The number of nitrogens with zero attached hydrogens (tertiary/aromatic N) is 2. The van der Waals surface area contributed by atoms with Crippen LogP contribution in [0, 0.1) is 0 Å². The summed E-state index contributed by atoms with van der Waals surface area (Å²) in [4.78, 5) is 19.1. The number of piperidine rings is 1. The summed E-state index contributed by atoms with van der Waals surface area (Å²) in [5, 5.41) is 0. The van der Waals surface area contributed by atoms with Gasteiger partial charge in [0.2, 0.25) is 0 Å². The normalized spacial score (nSPS) is 21.8. The van der Waals surface area contributed by atoms with Crippen molar-refractivity contribution in [3.63, 3.8) is 0 Å². The van der Waals surface area contributed by atoms with Crippen LogP contribution in [0.3, 0.4) is 0 Å². The maximum absolute atomic E-state index is 14.6. The number of amides is 1. The first-order valence-corrected chi connectivity index (χ1v) is 8.85. The van der Waals surface area contributed by atoms with Crippen LogP contribution in [0.1, 0.15) is 50.1 Å². The molecule has 0 unspecified atom stereocenters.